The molecule has 2 atom stereocenters. The highest BCUT2D eigenvalue weighted by Crippen LogP contribution is 2.24. The summed E-state index contributed by atoms with van der Waals surface area (Å²) >= 11 is 0. The molecule has 0 spiro atoms. The van der Waals surface area contributed by atoms with Gasteiger partial charge in [0.2, 0.25) is 5.95 Å². The predicted octanol–water partition coefficient (Wildman–Crippen LogP) is 2.48. The summed E-state index contributed by atoms with van der Waals surface area (Å²) in [4.78, 5) is 17.5. The lowest BCUT2D eigenvalue weighted by Gasteiger charge is -2.38. The number of halogens is 1. The lowest BCUT2D eigenvalue weighted by molar-refractivity contribution is 0.0550. The molecule has 3 nitrogen and oxygen atoms in total. The molecule has 1 aliphatic rings. The van der Waals surface area contributed by atoms with Gasteiger partial charge in [-0.1, -0.05) is 6.92 Å². The molecule has 1 saturated heterocycles. The van der Waals surface area contributed by atoms with Gasteiger partial charge < -0.3 is 4.90 Å². The fraction of sp³-hybridized carbons (Fsp3) is 0.538. The van der Waals surface area contributed by atoms with Gasteiger partial charge in [-0.05, 0) is 31.7 Å². The van der Waals surface area contributed by atoms with E-state index in [0.717, 1.165) is 19.4 Å². The molecule has 2 heterocycles. The van der Waals surface area contributed by atoms with Crippen molar-refractivity contribution in [3.8, 4) is 0 Å². The maximum Gasteiger partial charge on any atom is 0.254 e. The van der Waals surface area contributed by atoms with Crippen molar-refractivity contribution in [2.24, 2.45) is 5.92 Å². The van der Waals surface area contributed by atoms with E-state index in [-0.39, 0.29) is 11.9 Å². The van der Waals surface area contributed by atoms with E-state index in [9.17, 15) is 9.18 Å². The third-order valence-corrected chi connectivity index (χ3v) is 3.61. The summed E-state index contributed by atoms with van der Waals surface area (Å²) in [5.74, 6) is -0.196. The highest BCUT2D eigenvalue weighted by molar-refractivity contribution is 5.94. The minimum atomic E-state index is -0.603. The lowest BCUT2D eigenvalue weighted by atomic mass is 9.91. The van der Waals surface area contributed by atoms with Crippen molar-refractivity contribution >= 4 is 5.91 Å². The highest BCUT2D eigenvalue weighted by Gasteiger charge is 2.29. The third-order valence-electron chi connectivity index (χ3n) is 3.61. The van der Waals surface area contributed by atoms with Crippen molar-refractivity contribution in [3.63, 3.8) is 0 Å². The molecule has 92 valence electrons. The molecule has 1 fully saturated rings. The molecule has 0 saturated carbocycles. The summed E-state index contributed by atoms with van der Waals surface area (Å²) in [6.07, 6.45) is 3.50. The molecule has 0 bridgehead atoms. The van der Waals surface area contributed by atoms with Gasteiger partial charge in [-0.15, -0.1) is 0 Å². The van der Waals surface area contributed by atoms with Crippen molar-refractivity contribution < 1.29 is 9.18 Å². The van der Waals surface area contributed by atoms with Crippen LogP contribution in [0, 0.1) is 11.9 Å². The normalized spacial score (nSPS) is 24.8. The van der Waals surface area contributed by atoms with Crippen molar-refractivity contribution in [2.75, 3.05) is 6.54 Å². The van der Waals surface area contributed by atoms with Gasteiger partial charge in [0.15, 0.2) is 0 Å². The minimum absolute atomic E-state index is 0.0923. The van der Waals surface area contributed by atoms with E-state index in [1.54, 1.807) is 6.07 Å². The summed E-state index contributed by atoms with van der Waals surface area (Å²) < 4.78 is 13.0. The first kappa shape index (κ1) is 12.0. The number of rotatable bonds is 1. The Hall–Kier alpha value is -1.45. The van der Waals surface area contributed by atoms with E-state index in [2.05, 4.69) is 18.8 Å². The molecule has 1 aromatic heterocycles. The molecule has 0 aliphatic carbocycles. The Balaban J connectivity index is 2.19. The second-order valence-electron chi connectivity index (χ2n) is 4.73. The van der Waals surface area contributed by atoms with Crippen LogP contribution in [0.1, 0.15) is 37.0 Å². The van der Waals surface area contributed by atoms with Gasteiger partial charge in [-0.3, -0.25) is 4.79 Å². The number of hydrogen-bond acceptors (Lipinski definition) is 2. The number of piperidine rings is 1. The van der Waals surface area contributed by atoms with Gasteiger partial charge >= 0.3 is 0 Å². The molecule has 17 heavy (non-hydrogen) atoms. The number of carbonyl (C=O) groups excluding carboxylic acids is 1. The van der Waals surface area contributed by atoms with Crippen molar-refractivity contribution in [2.45, 2.75) is 32.7 Å². The van der Waals surface area contributed by atoms with Crippen molar-refractivity contribution in [3.05, 3.63) is 29.8 Å². The van der Waals surface area contributed by atoms with Gasteiger partial charge in [0.25, 0.3) is 5.91 Å². The monoisotopic (exact) mass is 236 g/mol. The standard InChI is InChI=1S/C13H17FN2O/c1-9-4-3-7-16(10(9)2)13(17)11-5-6-15-12(14)8-11/h5-6,8-10H,3-4,7H2,1-2H3. The molecular formula is C13H17FN2O. The molecule has 2 unspecified atom stereocenters. The maximum absolute atomic E-state index is 13.0. The van der Waals surface area contributed by atoms with Gasteiger partial charge in [0, 0.05) is 30.4 Å². The highest BCUT2D eigenvalue weighted by atomic mass is 19.1. The summed E-state index contributed by atoms with van der Waals surface area (Å²) in [7, 11) is 0. The number of hydrogen-bond donors (Lipinski definition) is 0. The minimum Gasteiger partial charge on any atom is -0.336 e. The largest absolute Gasteiger partial charge is 0.336 e. The Morgan fingerprint density at radius 2 is 2.29 bits per heavy atom. The second-order valence-corrected chi connectivity index (χ2v) is 4.73. The van der Waals surface area contributed by atoms with Crippen LogP contribution in [0.15, 0.2) is 18.3 Å². The number of likely N-dealkylation sites (tertiary alicyclic amines) is 1. The van der Waals surface area contributed by atoms with Crippen LogP contribution in [0.4, 0.5) is 4.39 Å². The molecule has 0 radical (unpaired) electrons. The van der Waals surface area contributed by atoms with E-state index in [0.29, 0.717) is 11.5 Å². The molecule has 1 aliphatic heterocycles. The third kappa shape index (κ3) is 2.46. The average Bonchev–Trinajstić information content (AvgIpc) is 2.32. The van der Waals surface area contributed by atoms with Gasteiger partial charge in [0.1, 0.15) is 0 Å². The molecule has 1 aromatic rings. The zero-order valence-corrected chi connectivity index (χ0v) is 10.2. The first-order chi connectivity index (χ1) is 8.09. The summed E-state index contributed by atoms with van der Waals surface area (Å²) in [6.45, 7) is 4.96. The number of carbonyl (C=O) groups is 1. The second kappa shape index (κ2) is 4.82. The predicted molar refractivity (Wildman–Crippen MR) is 63.1 cm³/mol. The summed E-state index contributed by atoms with van der Waals surface area (Å²) in [5, 5.41) is 0. The first-order valence-electron chi connectivity index (χ1n) is 6.02. The smallest absolute Gasteiger partial charge is 0.254 e. The van der Waals surface area contributed by atoms with Gasteiger partial charge in [-0.2, -0.15) is 4.39 Å². The van der Waals surface area contributed by atoms with Crippen LogP contribution in [0.5, 0.6) is 0 Å². The molecule has 0 aromatic carbocycles. The zero-order chi connectivity index (χ0) is 12.4. The van der Waals surface area contributed by atoms with Gasteiger partial charge in [-0.25, -0.2) is 4.98 Å². The zero-order valence-electron chi connectivity index (χ0n) is 10.2. The van der Waals surface area contributed by atoms with E-state index in [1.165, 1.54) is 12.3 Å². The van der Waals surface area contributed by atoms with Crippen molar-refractivity contribution in [1.82, 2.24) is 9.88 Å². The average molecular weight is 236 g/mol. The SMILES string of the molecule is CC1CCCN(C(=O)c2ccnc(F)c2)C1C. The van der Waals surface area contributed by atoms with Crippen LogP contribution in [0.3, 0.4) is 0 Å². The summed E-state index contributed by atoms with van der Waals surface area (Å²) in [6, 6.07) is 2.98. The topological polar surface area (TPSA) is 33.2 Å². The van der Waals surface area contributed by atoms with Crippen LogP contribution in [0.25, 0.3) is 0 Å². The Kier molecular flexibility index (Phi) is 3.41. The Labute approximate surface area is 101 Å². The van der Waals surface area contributed by atoms with E-state index < -0.39 is 5.95 Å². The van der Waals surface area contributed by atoms with E-state index >= 15 is 0 Å². The van der Waals surface area contributed by atoms with Gasteiger partial charge in [0.05, 0.1) is 0 Å². The lowest BCUT2D eigenvalue weighted by Crippen LogP contribution is -2.46. The molecule has 0 N–H and O–H groups in total. The number of amides is 1. The van der Waals surface area contributed by atoms with Crippen LogP contribution < -0.4 is 0 Å². The summed E-state index contributed by atoms with van der Waals surface area (Å²) in [5.41, 5.74) is 0.387. The van der Waals surface area contributed by atoms with Crippen LogP contribution >= 0.6 is 0 Å². The first-order valence-corrected chi connectivity index (χ1v) is 6.02. The quantitative estimate of drug-likeness (QED) is 0.702. The molecule has 4 heteroatoms. The number of aromatic nitrogens is 1. The van der Waals surface area contributed by atoms with Crippen LogP contribution in [-0.2, 0) is 0 Å². The fourth-order valence-electron chi connectivity index (χ4n) is 2.32. The van der Waals surface area contributed by atoms with E-state index in [4.69, 9.17) is 0 Å². The molecule has 2 rings (SSSR count). The Bertz CT molecular complexity index is 422. The number of pyridine rings is 1. The fourth-order valence-corrected chi connectivity index (χ4v) is 2.32. The van der Waals surface area contributed by atoms with Crippen LogP contribution in [0.2, 0.25) is 0 Å². The van der Waals surface area contributed by atoms with E-state index in [1.807, 2.05) is 4.90 Å². The Morgan fingerprint density at radius 1 is 1.53 bits per heavy atom. The van der Waals surface area contributed by atoms with Crippen LogP contribution in [-0.4, -0.2) is 28.4 Å². The maximum atomic E-state index is 13.0. The Morgan fingerprint density at radius 3 is 3.00 bits per heavy atom. The number of nitrogens with zero attached hydrogens (tertiary/aromatic N) is 2. The van der Waals surface area contributed by atoms with Crippen molar-refractivity contribution in [1.29, 1.82) is 0 Å². The molecular weight excluding hydrogens is 219 g/mol. The molecule has 1 amide bonds.